The van der Waals surface area contributed by atoms with Gasteiger partial charge in [0.15, 0.2) is 0 Å². The van der Waals surface area contributed by atoms with Crippen LogP contribution < -0.4 is 9.47 Å². The summed E-state index contributed by atoms with van der Waals surface area (Å²) in [5, 5.41) is 10.8. The quantitative estimate of drug-likeness (QED) is 0.780. The maximum atomic E-state index is 10.8. The molecule has 2 aliphatic carbocycles. The summed E-state index contributed by atoms with van der Waals surface area (Å²) in [4.78, 5) is 0. The van der Waals surface area contributed by atoms with Gasteiger partial charge in [0.05, 0.1) is 33.5 Å². The van der Waals surface area contributed by atoms with Crippen molar-refractivity contribution >= 4 is 0 Å². The molecule has 4 nitrogen and oxygen atoms in total. The van der Waals surface area contributed by atoms with Crippen LogP contribution in [0.1, 0.15) is 42.9 Å². The number of hydrogen-bond donors (Lipinski definition) is 1. The van der Waals surface area contributed by atoms with E-state index in [1.54, 1.807) is 14.2 Å². The molecule has 2 aromatic rings. The Labute approximate surface area is 173 Å². The van der Waals surface area contributed by atoms with E-state index in [1.807, 2.05) is 24.3 Å². The monoisotopic (exact) mass is 396 g/mol. The number of ether oxygens (including phenoxy) is 3. The number of aliphatic hydroxyl groups is 1. The molecule has 0 aromatic heterocycles. The summed E-state index contributed by atoms with van der Waals surface area (Å²) in [6, 6.07) is 14.4. The van der Waals surface area contributed by atoms with Crippen molar-refractivity contribution in [2.24, 2.45) is 11.8 Å². The Bertz CT molecular complexity index is 831. The topological polar surface area (TPSA) is 47.9 Å². The molecule has 1 saturated carbocycles. The Kier molecular flexibility index (Phi) is 5.84. The summed E-state index contributed by atoms with van der Waals surface area (Å²) in [6.07, 6.45) is 3.60. The molecule has 0 aliphatic heterocycles. The fraction of sp³-hybridized carbons (Fsp3) is 0.520. The third-order valence-corrected chi connectivity index (χ3v) is 7.20. The molecule has 0 saturated heterocycles. The van der Waals surface area contributed by atoms with Crippen LogP contribution in [0.25, 0.3) is 0 Å². The summed E-state index contributed by atoms with van der Waals surface area (Å²) in [7, 11) is 3.43. The highest BCUT2D eigenvalue weighted by molar-refractivity contribution is 5.47. The first-order valence-electron chi connectivity index (χ1n) is 10.6. The van der Waals surface area contributed by atoms with E-state index in [9.17, 15) is 5.11 Å². The van der Waals surface area contributed by atoms with Crippen molar-refractivity contribution in [1.29, 1.82) is 0 Å². The van der Waals surface area contributed by atoms with Crippen molar-refractivity contribution in [3.8, 4) is 11.5 Å². The van der Waals surface area contributed by atoms with Crippen molar-refractivity contribution in [3.63, 3.8) is 0 Å². The van der Waals surface area contributed by atoms with E-state index in [0.29, 0.717) is 19.1 Å². The number of hydrogen-bond acceptors (Lipinski definition) is 4. The Morgan fingerprint density at radius 3 is 2.55 bits per heavy atom. The average Bonchev–Trinajstić information content (AvgIpc) is 2.75. The van der Waals surface area contributed by atoms with Crippen LogP contribution >= 0.6 is 0 Å². The van der Waals surface area contributed by atoms with Gasteiger partial charge in [-0.2, -0.15) is 0 Å². The molecule has 0 heterocycles. The van der Waals surface area contributed by atoms with Crippen molar-refractivity contribution in [2.45, 2.75) is 50.7 Å². The van der Waals surface area contributed by atoms with Gasteiger partial charge < -0.3 is 19.3 Å². The van der Waals surface area contributed by atoms with Gasteiger partial charge >= 0.3 is 0 Å². The number of aliphatic hydroxyl groups excluding tert-OH is 1. The van der Waals surface area contributed by atoms with Crippen LogP contribution in [-0.4, -0.2) is 32.0 Å². The van der Waals surface area contributed by atoms with E-state index in [4.69, 9.17) is 14.2 Å². The second kappa shape index (κ2) is 8.37. The van der Waals surface area contributed by atoms with Crippen molar-refractivity contribution in [3.05, 3.63) is 59.2 Å². The van der Waals surface area contributed by atoms with E-state index in [1.165, 1.54) is 11.1 Å². The molecule has 1 fully saturated rings. The van der Waals surface area contributed by atoms with E-state index >= 15 is 0 Å². The Morgan fingerprint density at radius 2 is 1.83 bits per heavy atom. The standard InChI is InChI=1S/C25H32O4/c1-25-14-13-23(26)20(16-29-15-17-7-9-18(27-2)10-8-17)22(25)12-11-19-21(25)5-4-6-24(19)28-3/h4-10,20,22-23,26H,11-16H2,1-3H3/t20-,22+,23-,25-/m1/s1. The first-order valence-corrected chi connectivity index (χ1v) is 10.6. The van der Waals surface area contributed by atoms with Gasteiger partial charge in [0.25, 0.3) is 0 Å². The van der Waals surface area contributed by atoms with Gasteiger partial charge in [0, 0.05) is 5.92 Å². The van der Waals surface area contributed by atoms with Crippen molar-refractivity contribution < 1.29 is 19.3 Å². The molecule has 4 atom stereocenters. The molecule has 4 heteroatoms. The summed E-state index contributed by atoms with van der Waals surface area (Å²) in [5.74, 6) is 2.43. The maximum Gasteiger partial charge on any atom is 0.122 e. The predicted molar refractivity (Wildman–Crippen MR) is 114 cm³/mol. The van der Waals surface area contributed by atoms with Crippen LogP contribution in [0.4, 0.5) is 0 Å². The molecule has 0 spiro atoms. The van der Waals surface area contributed by atoms with Crippen LogP contribution in [0, 0.1) is 11.8 Å². The Hall–Kier alpha value is -2.04. The van der Waals surface area contributed by atoms with Gasteiger partial charge in [0.1, 0.15) is 11.5 Å². The molecule has 0 radical (unpaired) electrons. The molecule has 29 heavy (non-hydrogen) atoms. The normalized spacial score (nSPS) is 28.3. The van der Waals surface area contributed by atoms with Crippen molar-refractivity contribution in [1.82, 2.24) is 0 Å². The predicted octanol–water partition coefficient (Wildman–Crippen LogP) is 4.51. The maximum absolute atomic E-state index is 10.8. The van der Waals surface area contributed by atoms with E-state index < -0.39 is 0 Å². The molecular formula is C25H32O4. The molecule has 2 aromatic carbocycles. The molecular weight excluding hydrogens is 364 g/mol. The van der Waals surface area contributed by atoms with Gasteiger partial charge in [-0.15, -0.1) is 0 Å². The van der Waals surface area contributed by atoms with E-state index in [-0.39, 0.29) is 17.4 Å². The van der Waals surface area contributed by atoms with Gasteiger partial charge in [-0.1, -0.05) is 31.2 Å². The minimum atomic E-state index is -0.295. The Balaban J connectivity index is 1.49. The molecule has 156 valence electrons. The lowest BCUT2D eigenvalue weighted by Gasteiger charge is -2.52. The van der Waals surface area contributed by atoms with Gasteiger partial charge in [-0.05, 0) is 71.9 Å². The third-order valence-electron chi connectivity index (χ3n) is 7.20. The van der Waals surface area contributed by atoms with Crippen LogP contribution in [0.3, 0.4) is 0 Å². The summed E-state index contributed by atoms with van der Waals surface area (Å²) < 4.78 is 17.0. The van der Waals surface area contributed by atoms with Crippen LogP contribution in [-0.2, 0) is 23.2 Å². The van der Waals surface area contributed by atoms with Crippen LogP contribution in [0.2, 0.25) is 0 Å². The molecule has 0 amide bonds. The first kappa shape index (κ1) is 20.2. The van der Waals surface area contributed by atoms with Crippen LogP contribution in [0.5, 0.6) is 11.5 Å². The highest BCUT2D eigenvalue weighted by atomic mass is 16.5. The molecule has 0 unspecified atom stereocenters. The number of benzene rings is 2. The highest BCUT2D eigenvalue weighted by Gasteiger charge is 2.49. The third kappa shape index (κ3) is 3.76. The van der Waals surface area contributed by atoms with E-state index in [0.717, 1.165) is 42.7 Å². The molecule has 4 rings (SSSR count). The van der Waals surface area contributed by atoms with Crippen LogP contribution in [0.15, 0.2) is 42.5 Å². The van der Waals surface area contributed by atoms with Crippen molar-refractivity contribution in [2.75, 3.05) is 20.8 Å². The SMILES string of the molecule is COc1ccc(COC[C@H]2[C@H](O)CC[C@]3(C)c4cccc(OC)c4CC[C@@H]23)cc1. The van der Waals surface area contributed by atoms with Gasteiger partial charge in [-0.25, -0.2) is 0 Å². The van der Waals surface area contributed by atoms with E-state index in [2.05, 4.69) is 25.1 Å². The number of rotatable bonds is 6. The van der Waals surface area contributed by atoms with Gasteiger partial charge in [-0.3, -0.25) is 0 Å². The number of fused-ring (bicyclic) bond motifs is 3. The fourth-order valence-electron chi connectivity index (χ4n) is 5.57. The average molecular weight is 397 g/mol. The second-order valence-electron chi connectivity index (χ2n) is 8.68. The Morgan fingerprint density at radius 1 is 1.03 bits per heavy atom. The molecule has 1 N–H and O–H groups in total. The number of methoxy groups -OCH3 is 2. The zero-order valence-corrected chi connectivity index (χ0v) is 17.7. The fourth-order valence-corrected chi connectivity index (χ4v) is 5.57. The smallest absolute Gasteiger partial charge is 0.122 e. The lowest BCUT2D eigenvalue weighted by molar-refractivity contribution is -0.0619. The summed E-state index contributed by atoms with van der Waals surface area (Å²) >= 11 is 0. The highest BCUT2D eigenvalue weighted by Crippen LogP contribution is 2.53. The molecule has 2 aliphatic rings. The zero-order chi connectivity index (χ0) is 20.4. The minimum Gasteiger partial charge on any atom is -0.497 e. The second-order valence-corrected chi connectivity index (χ2v) is 8.68. The lowest BCUT2D eigenvalue weighted by Crippen LogP contribution is -2.50. The zero-order valence-electron chi connectivity index (χ0n) is 17.7. The minimum absolute atomic E-state index is 0.0650. The summed E-state index contributed by atoms with van der Waals surface area (Å²) in [6.45, 7) is 3.52. The lowest BCUT2D eigenvalue weighted by atomic mass is 9.54. The first-order chi connectivity index (χ1) is 14.1. The molecule has 0 bridgehead atoms. The van der Waals surface area contributed by atoms with Gasteiger partial charge in [0.2, 0.25) is 0 Å². The summed E-state index contributed by atoms with van der Waals surface area (Å²) in [5.41, 5.74) is 3.94. The largest absolute Gasteiger partial charge is 0.497 e.